The lowest BCUT2D eigenvalue weighted by Gasteiger charge is -2.19. The molecule has 2 aromatic heterocycles. The molecular weight excluding hydrogens is 849 g/mol. The molecule has 68 heavy (non-hydrogen) atoms. The Balaban J connectivity index is 0.927. The van der Waals surface area contributed by atoms with Gasteiger partial charge in [0.25, 0.3) is 11.8 Å². The van der Waals surface area contributed by atoms with Gasteiger partial charge in [0, 0.05) is 45.4 Å². The number of phenols is 4. The minimum Gasteiger partial charge on any atom is -0.507 e. The van der Waals surface area contributed by atoms with Crippen molar-refractivity contribution in [2.75, 3.05) is 10.6 Å². The van der Waals surface area contributed by atoms with Crippen molar-refractivity contribution in [1.82, 2.24) is 9.97 Å². The first-order chi connectivity index (χ1) is 33.0. The molecule has 8 aromatic carbocycles. The third-order valence-corrected chi connectivity index (χ3v) is 12.6. The predicted octanol–water partition coefficient (Wildman–Crippen LogP) is 12.3. The number of allylic oxidation sites excluding steroid dienone is 2. The SMILES string of the molecule is C=C(Cc1c(O)c(C(=O)Nc2cccc3cccnc23)cc2ccccc12)Cc1c(O)c(O)c(CC(=C)Cc2c(O)c(C(=O)Nc3cccc4cccnc34)cc3ccccc23)c2ccccc12. The van der Waals surface area contributed by atoms with Gasteiger partial charge < -0.3 is 31.1 Å². The molecule has 0 saturated heterocycles. The van der Waals surface area contributed by atoms with Crippen molar-refractivity contribution in [2.45, 2.75) is 25.7 Å². The standard InChI is InChI=1S/C58H44N4O6/c1-33(27-43-39-19-5-3-13-37(39)31-47(53(43)63)57(67)61-49-23-9-15-35-17-11-25-59-51(35)49)29-45-41-21-7-8-22-42(41)46(56(66)55(45)65)30-34(2)28-44-40-20-6-4-14-38(40)32-48(54(44)64)58(68)62-50-24-10-16-36-18-12-26-60-52(36)50/h3-26,31-32,63-66H,1-2,27-30H2,(H,61,67)(H,62,68). The van der Waals surface area contributed by atoms with Crippen molar-refractivity contribution < 1.29 is 30.0 Å². The third-order valence-electron chi connectivity index (χ3n) is 12.6. The Labute approximate surface area is 390 Å². The molecule has 0 atom stereocenters. The zero-order valence-corrected chi connectivity index (χ0v) is 36.8. The number of benzene rings is 8. The predicted molar refractivity (Wildman–Crippen MR) is 271 cm³/mol. The molecule has 10 heteroatoms. The van der Waals surface area contributed by atoms with Crippen LogP contribution in [0.1, 0.15) is 43.0 Å². The van der Waals surface area contributed by atoms with Crippen molar-refractivity contribution in [3.8, 4) is 23.0 Å². The van der Waals surface area contributed by atoms with Gasteiger partial charge in [0.05, 0.1) is 33.5 Å². The molecule has 0 aliphatic carbocycles. The first-order valence-corrected chi connectivity index (χ1v) is 22.1. The van der Waals surface area contributed by atoms with Gasteiger partial charge in [0.2, 0.25) is 0 Å². The first kappa shape index (κ1) is 42.9. The number of carbonyl (C=O) groups excluding carboxylic acids is 2. The largest absolute Gasteiger partial charge is 0.507 e. The van der Waals surface area contributed by atoms with E-state index in [1.807, 2.05) is 121 Å². The third kappa shape index (κ3) is 7.94. The fourth-order valence-corrected chi connectivity index (χ4v) is 9.35. The lowest BCUT2D eigenvalue weighted by Crippen LogP contribution is -2.14. The number of aromatic nitrogens is 2. The Kier molecular flexibility index (Phi) is 11.2. The van der Waals surface area contributed by atoms with Crippen molar-refractivity contribution in [1.29, 1.82) is 0 Å². The Hall–Kier alpha value is -9.02. The molecule has 0 spiro atoms. The highest BCUT2D eigenvalue weighted by atomic mass is 16.3. The summed E-state index contributed by atoms with van der Waals surface area (Å²) in [5.41, 5.74) is 5.56. The molecule has 2 amide bonds. The number of para-hydroxylation sites is 2. The summed E-state index contributed by atoms with van der Waals surface area (Å²) in [5.74, 6) is -2.00. The van der Waals surface area contributed by atoms with Crippen molar-refractivity contribution in [3.05, 3.63) is 216 Å². The average Bonchev–Trinajstić information content (AvgIpc) is 3.36. The number of pyridine rings is 2. The van der Waals surface area contributed by atoms with Crippen LogP contribution in [0.5, 0.6) is 23.0 Å². The van der Waals surface area contributed by atoms with E-state index < -0.39 is 11.8 Å². The van der Waals surface area contributed by atoms with E-state index in [9.17, 15) is 30.0 Å². The van der Waals surface area contributed by atoms with Gasteiger partial charge in [-0.1, -0.05) is 133 Å². The summed E-state index contributed by atoms with van der Waals surface area (Å²) in [4.78, 5) is 36.7. The minimum absolute atomic E-state index is 0.0877. The van der Waals surface area contributed by atoms with Crippen molar-refractivity contribution in [3.63, 3.8) is 0 Å². The van der Waals surface area contributed by atoms with E-state index in [2.05, 4.69) is 33.8 Å². The number of rotatable bonds is 12. The van der Waals surface area contributed by atoms with Gasteiger partial charge in [-0.15, -0.1) is 0 Å². The molecule has 2 heterocycles. The highest BCUT2D eigenvalue weighted by molar-refractivity contribution is 6.13. The molecule has 0 saturated carbocycles. The quantitative estimate of drug-likeness (QED) is 0.0521. The highest BCUT2D eigenvalue weighted by Crippen LogP contribution is 2.44. The molecular formula is C58H44N4O6. The average molecular weight is 893 g/mol. The Bertz CT molecular complexity index is 3480. The number of phenolic OH excluding ortho intramolecular Hbond substituents is 4. The summed E-state index contributed by atoms with van der Waals surface area (Å²) in [6.45, 7) is 8.74. The summed E-state index contributed by atoms with van der Waals surface area (Å²) in [6.07, 6.45) is 3.90. The summed E-state index contributed by atoms with van der Waals surface area (Å²) in [6, 6.07) is 44.2. The molecule has 0 fully saturated rings. The van der Waals surface area contributed by atoms with Crippen LogP contribution in [0, 0.1) is 0 Å². The molecule has 10 rings (SSSR count). The van der Waals surface area contributed by atoms with Crippen LogP contribution in [0.3, 0.4) is 0 Å². The van der Waals surface area contributed by atoms with Gasteiger partial charge in [-0.05, 0) is 94.4 Å². The van der Waals surface area contributed by atoms with Crippen LogP contribution in [0.25, 0.3) is 54.1 Å². The Morgan fingerprint density at radius 1 is 0.412 bits per heavy atom. The fraction of sp³-hybridized carbons (Fsp3) is 0.0690. The van der Waals surface area contributed by atoms with E-state index >= 15 is 0 Å². The van der Waals surface area contributed by atoms with Gasteiger partial charge in [0.1, 0.15) is 11.5 Å². The molecule has 6 N–H and O–H groups in total. The number of anilines is 2. The molecule has 0 aliphatic rings. The highest BCUT2D eigenvalue weighted by Gasteiger charge is 2.25. The zero-order chi connectivity index (χ0) is 47.1. The molecule has 0 radical (unpaired) electrons. The second-order valence-corrected chi connectivity index (χ2v) is 17.0. The monoisotopic (exact) mass is 892 g/mol. The number of hydrogen-bond donors (Lipinski definition) is 6. The van der Waals surface area contributed by atoms with E-state index in [0.717, 1.165) is 32.3 Å². The van der Waals surface area contributed by atoms with Crippen LogP contribution in [0.2, 0.25) is 0 Å². The molecule has 332 valence electrons. The lowest BCUT2D eigenvalue weighted by molar-refractivity contribution is 0.101. The van der Waals surface area contributed by atoms with Crippen LogP contribution in [-0.4, -0.2) is 42.2 Å². The van der Waals surface area contributed by atoms with Gasteiger partial charge >= 0.3 is 0 Å². The topological polar surface area (TPSA) is 165 Å². The number of nitrogens with one attached hydrogen (secondary N) is 2. The normalized spacial score (nSPS) is 11.4. The molecule has 0 bridgehead atoms. The molecule has 10 nitrogen and oxygen atoms in total. The number of nitrogens with zero attached hydrogens (tertiary/aromatic N) is 2. The van der Waals surface area contributed by atoms with Crippen molar-refractivity contribution in [2.24, 2.45) is 0 Å². The van der Waals surface area contributed by atoms with Crippen LogP contribution >= 0.6 is 0 Å². The molecule has 0 aliphatic heterocycles. The number of aromatic hydroxyl groups is 4. The number of carbonyl (C=O) groups is 2. The van der Waals surface area contributed by atoms with E-state index in [-0.39, 0.29) is 59.8 Å². The van der Waals surface area contributed by atoms with E-state index in [0.29, 0.717) is 66.6 Å². The fourth-order valence-electron chi connectivity index (χ4n) is 9.35. The maximum absolute atomic E-state index is 13.9. The maximum atomic E-state index is 13.9. The van der Waals surface area contributed by atoms with Gasteiger partial charge in [-0.3, -0.25) is 19.6 Å². The number of hydrogen-bond acceptors (Lipinski definition) is 8. The van der Waals surface area contributed by atoms with Crippen LogP contribution in [0.4, 0.5) is 11.4 Å². The summed E-state index contributed by atoms with van der Waals surface area (Å²) in [5, 5.41) is 59.2. The summed E-state index contributed by atoms with van der Waals surface area (Å²) >= 11 is 0. The first-order valence-electron chi connectivity index (χ1n) is 22.1. The molecule has 10 aromatic rings. The number of fused-ring (bicyclic) bond motifs is 5. The summed E-state index contributed by atoms with van der Waals surface area (Å²) in [7, 11) is 0. The Morgan fingerprint density at radius 2 is 0.750 bits per heavy atom. The minimum atomic E-state index is -0.500. The van der Waals surface area contributed by atoms with E-state index in [4.69, 9.17) is 0 Å². The second-order valence-electron chi connectivity index (χ2n) is 17.0. The lowest BCUT2D eigenvalue weighted by atomic mass is 9.87. The number of amides is 2. The van der Waals surface area contributed by atoms with Crippen LogP contribution in [-0.2, 0) is 25.7 Å². The van der Waals surface area contributed by atoms with Gasteiger partial charge in [0.15, 0.2) is 11.5 Å². The van der Waals surface area contributed by atoms with Crippen molar-refractivity contribution >= 4 is 77.3 Å². The van der Waals surface area contributed by atoms with E-state index in [1.165, 1.54) is 0 Å². The van der Waals surface area contributed by atoms with Crippen LogP contribution < -0.4 is 10.6 Å². The summed E-state index contributed by atoms with van der Waals surface area (Å²) < 4.78 is 0. The maximum Gasteiger partial charge on any atom is 0.259 e. The van der Waals surface area contributed by atoms with Crippen LogP contribution in [0.15, 0.2) is 182 Å². The molecule has 0 unspecified atom stereocenters. The van der Waals surface area contributed by atoms with Gasteiger partial charge in [-0.25, -0.2) is 0 Å². The zero-order valence-electron chi connectivity index (χ0n) is 36.8. The second kappa shape index (κ2) is 17.8. The Morgan fingerprint density at radius 3 is 1.16 bits per heavy atom. The van der Waals surface area contributed by atoms with Gasteiger partial charge in [-0.2, -0.15) is 0 Å². The van der Waals surface area contributed by atoms with E-state index in [1.54, 1.807) is 36.7 Å². The smallest absolute Gasteiger partial charge is 0.259 e.